The van der Waals surface area contributed by atoms with Gasteiger partial charge in [0, 0.05) is 11.6 Å². The van der Waals surface area contributed by atoms with Gasteiger partial charge in [0.05, 0.1) is 12.1 Å². The fourth-order valence-electron chi connectivity index (χ4n) is 2.31. The van der Waals surface area contributed by atoms with Crippen LogP contribution in [0.5, 0.6) is 0 Å². The van der Waals surface area contributed by atoms with Crippen LogP contribution in [0.1, 0.15) is 31.4 Å². The molecule has 2 atom stereocenters. The number of nitrogens with one attached hydrogen (secondary N) is 1. The van der Waals surface area contributed by atoms with E-state index in [9.17, 15) is 0 Å². The highest BCUT2D eigenvalue weighted by Gasteiger charge is 2.37. The van der Waals surface area contributed by atoms with Crippen LogP contribution in [0.25, 0.3) is 0 Å². The smallest absolute Gasteiger partial charge is 0.0797 e. The lowest BCUT2D eigenvalue weighted by atomic mass is 9.98. The van der Waals surface area contributed by atoms with Gasteiger partial charge in [-0.05, 0) is 50.4 Å². The SMILES string of the molecule is CCOC(C1CC1)C(NC)c1ccc(Cl)cc1. The Morgan fingerprint density at radius 1 is 1.35 bits per heavy atom. The van der Waals surface area contributed by atoms with Gasteiger partial charge in [-0.25, -0.2) is 0 Å². The summed E-state index contributed by atoms with van der Waals surface area (Å²) in [6, 6.07) is 8.31. The van der Waals surface area contributed by atoms with Crippen LogP contribution in [0.3, 0.4) is 0 Å². The summed E-state index contributed by atoms with van der Waals surface area (Å²) < 4.78 is 5.91. The predicted molar refractivity (Wildman–Crippen MR) is 71.4 cm³/mol. The first kappa shape index (κ1) is 12.9. The molecule has 0 aliphatic heterocycles. The molecule has 1 aliphatic carbocycles. The van der Waals surface area contributed by atoms with Gasteiger partial charge < -0.3 is 10.1 Å². The molecule has 2 unspecified atom stereocenters. The van der Waals surface area contributed by atoms with E-state index in [0.717, 1.165) is 11.6 Å². The lowest BCUT2D eigenvalue weighted by Crippen LogP contribution is -2.33. The quantitative estimate of drug-likeness (QED) is 0.839. The molecule has 0 amide bonds. The Kier molecular flexibility index (Phi) is 4.43. The third-order valence-corrected chi connectivity index (χ3v) is 3.57. The average Bonchev–Trinajstić information content (AvgIpc) is 3.15. The third kappa shape index (κ3) is 3.21. The van der Waals surface area contributed by atoms with Crippen LogP contribution in [-0.4, -0.2) is 19.8 Å². The lowest BCUT2D eigenvalue weighted by molar-refractivity contribution is 0.0205. The highest BCUT2D eigenvalue weighted by molar-refractivity contribution is 6.30. The van der Waals surface area contributed by atoms with Gasteiger partial charge in [-0.15, -0.1) is 0 Å². The van der Waals surface area contributed by atoms with Gasteiger partial charge in [0.2, 0.25) is 0 Å². The van der Waals surface area contributed by atoms with Gasteiger partial charge in [0.15, 0.2) is 0 Å². The van der Waals surface area contributed by atoms with Crippen LogP contribution < -0.4 is 5.32 Å². The van der Waals surface area contributed by atoms with E-state index in [2.05, 4.69) is 24.4 Å². The van der Waals surface area contributed by atoms with Crippen molar-refractivity contribution in [3.8, 4) is 0 Å². The van der Waals surface area contributed by atoms with Crippen molar-refractivity contribution in [2.45, 2.75) is 31.9 Å². The molecular formula is C14H20ClNO. The lowest BCUT2D eigenvalue weighted by Gasteiger charge is -2.27. The second-order valence-electron chi connectivity index (χ2n) is 4.58. The summed E-state index contributed by atoms with van der Waals surface area (Å²) >= 11 is 5.92. The molecule has 3 heteroatoms. The maximum absolute atomic E-state index is 5.92. The van der Waals surface area contributed by atoms with Crippen LogP contribution >= 0.6 is 11.6 Å². The van der Waals surface area contributed by atoms with E-state index in [1.165, 1.54) is 18.4 Å². The van der Waals surface area contributed by atoms with Crippen molar-refractivity contribution in [2.75, 3.05) is 13.7 Å². The molecular weight excluding hydrogens is 234 g/mol. The first-order valence-electron chi connectivity index (χ1n) is 6.30. The summed E-state index contributed by atoms with van der Waals surface area (Å²) in [5.74, 6) is 0.711. The van der Waals surface area contributed by atoms with Crippen LogP contribution in [0.4, 0.5) is 0 Å². The molecule has 0 spiro atoms. The zero-order chi connectivity index (χ0) is 12.3. The van der Waals surface area contributed by atoms with Crippen LogP contribution in [0.2, 0.25) is 5.02 Å². The molecule has 1 saturated carbocycles. The first-order chi connectivity index (χ1) is 8.26. The Bertz CT molecular complexity index is 348. The summed E-state index contributed by atoms with van der Waals surface area (Å²) in [7, 11) is 1.99. The number of ether oxygens (including phenoxy) is 1. The topological polar surface area (TPSA) is 21.3 Å². The maximum atomic E-state index is 5.92. The molecule has 0 saturated heterocycles. The Balaban J connectivity index is 2.15. The van der Waals surface area contributed by atoms with Crippen molar-refractivity contribution in [1.29, 1.82) is 0 Å². The molecule has 2 rings (SSSR count). The van der Waals surface area contributed by atoms with E-state index in [4.69, 9.17) is 16.3 Å². The van der Waals surface area contributed by atoms with E-state index < -0.39 is 0 Å². The monoisotopic (exact) mass is 253 g/mol. The Hall–Kier alpha value is -0.570. The van der Waals surface area contributed by atoms with Crippen molar-refractivity contribution in [3.63, 3.8) is 0 Å². The molecule has 0 bridgehead atoms. The number of rotatable bonds is 6. The number of benzene rings is 1. The van der Waals surface area contributed by atoms with Crippen LogP contribution in [0.15, 0.2) is 24.3 Å². The normalized spacial score (nSPS) is 19.0. The Morgan fingerprint density at radius 2 is 2.00 bits per heavy atom. The van der Waals surface area contributed by atoms with Crippen molar-refractivity contribution >= 4 is 11.6 Å². The second kappa shape index (κ2) is 5.85. The van der Waals surface area contributed by atoms with Gasteiger partial charge in [-0.3, -0.25) is 0 Å². The second-order valence-corrected chi connectivity index (χ2v) is 5.01. The van der Waals surface area contributed by atoms with E-state index in [1.807, 2.05) is 19.2 Å². The van der Waals surface area contributed by atoms with E-state index in [0.29, 0.717) is 5.92 Å². The highest BCUT2D eigenvalue weighted by Crippen LogP contribution is 2.40. The Labute approximate surface area is 108 Å². The van der Waals surface area contributed by atoms with Gasteiger partial charge in [-0.1, -0.05) is 23.7 Å². The molecule has 2 nitrogen and oxygen atoms in total. The van der Waals surface area contributed by atoms with Crippen LogP contribution in [0, 0.1) is 5.92 Å². The molecule has 17 heavy (non-hydrogen) atoms. The molecule has 1 aromatic rings. The first-order valence-corrected chi connectivity index (χ1v) is 6.68. The zero-order valence-corrected chi connectivity index (χ0v) is 11.2. The van der Waals surface area contributed by atoms with E-state index in [1.54, 1.807) is 0 Å². The van der Waals surface area contributed by atoms with Crippen molar-refractivity contribution in [1.82, 2.24) is 5.32 Å². The molecule has 1 fully saturated rings. The molecule has 0 radical (unpaired) electrons. The summed E-state index contributed by atoms with van der Waals surface area (Å²) in [5, 5.41) is 4.16. The standard InChI is InChI=1S/C14H20ClNO/c1-3-17-14(11-4-5-11)13(16-2)10-6-8-12(15)9-7-10/h6-9,11,13-14,16H,3-5H2,1-2H3. The molecule has 94 valence electrons. The summed E-state index contributed by atoms with van der Waals surface area (Å²) in [5.41, 5.74) is 1.25. The molecule has 0 aromatic heterocycles. The van der Waals surface area contributed by atoms with E-state index >= 15 is 0 Å². The largest absolute Gasteiger partial charge is 0.376 e. The molecule has 1 N–H and O–H groups in total. The molecule has 1 aromatic carbocycles. The third-order valence-electron chi connectivity index (χ3n) is 3.31. The average molecular weight is 254 g/mol. The van der Waals surface area contributed by atoms with Crippen molar-refractivity contribution < 1.29 is 4.74 Å². The fourth-order valence-corrected chi connectivity index (χ4v) is 2.44. The minimum Gasteiger partial charge on any atom is -0.376 e. The fraction of sp³-hybridized carbons (Fsp3) is 0.571. The molecule has 0 heterocycles. The predicted octanol–water partition coefficient (Wildman–Crippen LogP) is 3.42. The van der Waals surface area contributed by atoms with Gasteiger partial charge in [0.25, 0.3) is 0 Å². The number of likely N-dealkylation sites (N-methyl/N-ethyl adjacent to an activating group) is 1. The highest BCUT2D eigenvalue weighted by atomic mass is 35.5. The van der Waals surface area contributed by atoms with Crippen molar-refractivity contribution in [2.24, 2.45) is 5.92 Å². The minimum absolute atomic E-state index is 0.264. The number of hydrogen-bond acceptors (Lipinski definition) is 2. The Morgan fingerprint density at radius 3 is 2.47 bits per heavy atom. The zero-order valence-electron chi connectivity index (χ0n) is 10.4. The maximum Gasteiger partial charge on any atom is 0.0797 e. The summed E-state index contributed by atoms with van der Waals surface area (Å²) in [4.78, 5) is 0. The summed E-state index contributed by atoms with van der Waals surface area (Å²) in [6.07, 6.45) is 2.86. The number of halogens is 1. The van der Waals surface area contributed by atoms with Gasteiger partial charge in [0.1, 0.15) is 0 Å². The van der Waals surface area contributed by atoms with Gasteiger partial charge in [-0.2, -0.15) is 0 Å². The minimum atomic E-state index is 0.264. The van der Waals surface area contributed by atoms with Gasteiger partial charge >= 0.3 is 0 Å². The molecule has 1 aliphatic rings. The summed E-state index contributed by atoms with van der Waals surface area (Å²) in [6.45, 7) is 2.83. The van der Waals surface area contributed by atoms with E-state index in [-0.39, 0.29) is 12.1 Å². The van der Waals surface area contributed by atoms with Crippen molar-refractivity contribution in [3.05, 3.63) is 34.9 Å². The number of hydrogen-bond donors (Lipinski definition) is 1. The van der Waals surface area contributed by atoms with Crippen LogP contribution in [-0.2, 0) is 4.74 Å².